The number of nitrogens with one attached hydrogen (secondary N) is 1. The monoisotopic (exact) mass is 331 g/mol. The molecular weight excluding hydrogens is 306 g/mol. The van der Waals surface area contributed by atoms with Gasteiger partial charge < -0.3 is 15.1 Å². The highest BCUT2D eigenvalue weighted by Gasteiger charge is 2.21. The van der Waals surface area contributed by atoms with Gasteiger partial charge in [0.25, 0.3) is 5.91 Å². The van der Waals surface area contributed by atoms with Crippen LogP contribution in [0.2, 0.25) is 0 Å². The molecule has 0 atom stereocenters. The molecule has 1 saturated heterocycles. The molecule has 1 aliphatic heterocycles. The van der Waals surface area contributed by atoms with Gasteiger partial charge >= 0.3 is 0 Å². The molecule has 130 valence electrons. The van der Waals surface area contributed by atoms with Gasteiger partial charge in [-0.25, -0.2) is 0 Å². The van der Waals surface area contributed by atoms with E-state index in [1.165, 1.54) is 4.90 Å². The lowest BCUT2D eigenvalue weighted by Gasteiger charge is -2.27. The van der Waals surface area contributed by atoms with E-state index in [-0.39, 0.29) is 24.3 Å². The predicted molar refractivity (Wildman–Crippen MR) is 92.9 cm³/mol. The van der Waals surface area contributed by atoms with E-state index in [1.54, 1.807) is 29.2 Å². The molecule has 24 heavy (non-hydrogen) atoms. The first-order chi connectivity index (χ1) is 11.6. The number of rotatable bonds is 6. The average Bonchev–Trinajstić information content (AvgIpc) is 2.60. The van der Waals surface area contributed by atoms with Crippen molar-refractivity contribution in [1.29, 1.82) is 0 Å². The van der Waals surface area contributed by atoms with Gasteiger partial charge in [-0.3, -0.25) is 14.4 Å². The summed E-state index contributed by atoms with van der Waals surface area (Å²) in [5, 5.41) is 2.70. The molecule has 0 bridgehead atoms. The van der Waals surface area contributed by atoms with E-state index in [9.17, 15) is 14.4 Å². The van der Waals surface area contributed by atoms with Crippen LogP contribution in [0, 0.1) is 0 Å². The van der Waals surface area contributed by atoms with E-state index in [4.69, 9.17) is 0 Å². The summed E-state index contributed by atoms with van der Waals surface area (Å²) in [6.45, 7) is 5.47. The second-order valence-electron chi connectivity index (χ2n) is 5.82. The van der Waals surface area contributed by atoms with Gasteiger partial charge in [-0.05, 0) is 51.0 Å². The normalized spacial score (nSPS) is 14.4. The van der Waals surface area contributed by atoms with Crippen molar-refractivity contribution in [2.24, 2.45) is 0 Å². The Labute approximate surface area is 142 Å². The zero-order valence-electron chi connectivity index (χ0n) is 14.4. The lowest BCUT2D eigenvalue weighted by molar-refractivity contribution is -0.121. The number of anilines is 1. The number of likely N-dealkylation sites (N-methyl/N-ethyl adjacent to an activating group) is 2. The Hall–Kier alpha value is -2.37. The van der Waals surface area contributed by atoms with Crippen LogP contribution in [0.25, 0.3) is 0 Å². The number of benzene rings is 1. The van der Waals surface area contributed by atoms with Crippen LogP contribution >= 0.6 is 0 Å². The first kappa shape index (κ1) is 18.0. The Balaban J connectivity index is 2.06. The smallest absolute Gasteiger partial charge is 0.254 e. The number of hydrogen-bond acceptors (Lipinski definition) is 3. The summed E-state index contributed by atoms with van der Waals surface area (Å²) >= 11 is 0. The van der Waals surface area contributed by atoms with Crippen LogP contribution in [0.4, 0.5) is 5.69 Å². The van der Waals surface area contributed by atoms with E-state index in [0.717, 1.165) is 25.1 Å². The quantitative estimate of drug-likeness (QED) is 0.864. The molecule has 1 aromatic carbocycles. The van der Waals surface area contributed by atoms with Crippen LogP contribution < -0.4 is 10.2 Å². The largest absolute Gasteiger partial charge is 0.355 e. The number of carbonyl (C=O) groups excluding carboxylic acids is 3. The summed E-state index contributed by atoms with van der Waals surface area (Å²) in [4.78, 5) is 39.5. The van der Waals surface area contributed by atoms with Crippen molar-refractivity contribution >= 4 is 23.4 Å². The third kappa shape index (κ3) is 4.34. The van der Waals surface area contributed by atoms with E-state index in [2.05, 4.69) is 5.32 Å². The van der Waals surface area contributed by atoms with E-state index in [0.29, 0.717) is 25.1 Å². The molecule has 0 aromatic heterocycles. The molecule has 0 saturated carbocycles. The van der Waals surface area contributed by atoms with Crippen molar-refractivity contribution < 1.29 is 14.4 Å². The molecule has 1 aromatic rings. The summed E-state index contributed by atoms with van der Waals surface area (Å²) in [6, 6.07) is 7.05. The highest BCUT2D eigenvalue weighted by Crippen LogP contribution is 2.21. The summed E-state index contributed by atoms with van der Waals surface area (Å²) in [7, 11) is 0. The van der Waals surface area contributed by atoms with E-state index < -0.39 is 0 Å². The molecule has 0 aliphatic carbocycles. The molecule has 0 spiro atoms. The zero-order valence-corrected chi connectivity index (χ0v) is 14.4. The van der Waals surface area contributed by atoms with Crippen LogP contribution in [-0.4, -0.2) is 48.8 Å². The maximum absolute atomic E-state index is 12.5. The second-order valence-corrected chi connectivity index (χ2v) is 5.82. The van der Waals surface area contributed by atoms with Gasteiger partial charge in [0.2, 0.25) is 11.8 Å². The van der Waals surface area contributed by atoms with Crippen LogP contribution in [0.5, 0.6) is 0 Å². The number of nitrogens with zero attached hydrogens (tertiary/aromatic N) is 2. The second kappa shape index (κ2) is 8.47. The molecule has 0 unspecified atom stereocenters. The zero-order chi connectivity index (χ0) is 17.5. The van der Waals surface area contributed by atoms with Crippen molar-refractivity contribution in [2.45, 2.75) is 33.1 Å². The van der Waals surface area contributed by atoms with Gasteiger partial charge in [0.05, 0.1) is 6.54 Å². The maximum Gasteiger partial charge on any atom is 0.254 e. The molecule has 2 rings (SSSR count). The Kier molecular flexibility index (Phi) is 6.35. The van der Waals surface area contributed by atoms with E-state index in [1.807, 2.05) is 13.8 Å². The number of amides is 3. The third-order valence-corrected chi connectivity index (χ3v) is 4.13. The SMILES string of the molecule is CCNC(=O)CN(CC)C(=O)c1ccc(N2CCCCC2=O)cc1. The molecule has 1 aliphatic rings. The van der Waals surface area contributed by atoms with Gasteiger partial charge in [-0.1, -0.05) is 0 Å². The summed E-state index contributed by atoms with van der Waals surface area (Å²) < 4.78 is 0. The Morgan fingerprint density at radius 2 is 1.88 bits per heavy atom. The van der Waals surface area contributed by atoms with Crippen LogP contribution in [0.3, 0.4) is 0 Å². The van der Waals surface area contributed by atoms with Crippen LogP contribution in [0.1, 0.15) is 43.5 Å². The number of piperidine rings is 1. The molecule has 6 nitrogen and oxygen atoms in total. The maximum atomic E-state index is 12.5. The first-order valence-electron chi connectivity index (χ1n) is 8.53. The standard InChI is InChI=1S/C18H25N3O3/c1-3-19-16(22)13-20(4-2)18(24)14-8-10-15(11-9-14)21-12-6-5-7-17(21)23/h8-11H,3-7,12-13H2,1-2H3,(H,19,22). The lowest BCUT2D eigenvalue weighted by Crippen LogP contribution is -2.40. The molecule has 0 radical (unpaired) electrons. The summed E-state index contributed by atoms with van der Waals surface area (Å²) in [5.41, 5.74) is 1.34. The fourth-order valence-corrected chi connectivity index (χ4v) is 2.80. The van der Waals surface area contributed by atoms with Gasteiger partial charge in [-0.2, -0.15) is 0 Å². The average molecular weight is 331 g/mol. The van der Waals surface area contributed by atoms with Gasteiger partial charge in [0.1, 0.15) is 0 Å². The fraction of sp³-hybridized carbons (Fsp3) is 0.500. The number of hydrogen-bond donors (Lipinski definition) is 1. The Morgan fingerprint density at radius 3 is 2.46 bits per heavy atom. The third-order valence-electron chi connectivity index (χ3n) is 4.13. The Morgan fingerprint density at radius 1 is 1.17 bits per heavy atom. The summed E-state index contributed by atoms with van der Waals surface area (Å²) in [5.74, 6) is -0.213. The van der Waals surface area contributed by atoms with Crippen LogP contribution in [-0.2, 0) is 9.59 Å². The number of carbonyl (C=O) groups is 3. The minimum atomic E-state index is -0.180. The minimum Gasteiger partial charge on any atom is -0.355 e. The lowest BCUT2D eigenvalue weighted by atomic mass is 10.1. The van der Waals surface area contributed by atoms with Gasteiger partial charge in [0.15, 0.2) is 0 Å². The summed E-state index contributed by atoms with van der Waals surface area (Å²) in [6.07, 6.45) is 2.52. The fourth-order valence-electron chi connectivity index (χ4n) is 2.80. The van der Waals surface area contributed by atoms with Crippen LogP contribution in [0.15, 0.2) is 24.3 Å². The molecule has 1 fully saturated rings. The molecule has 1 N–H and O–H groups in total. The van der Waals surface area contributed by atoms with Crippen molar-refractivity contribution in [1.82, 2.24) is 10.2 Å². The van der Waals surface area contributed by atoms with Crippen molar-refractivity contribution in [3.63, 3.8) is 0 Å². The minimum absolute atomic E-state index is 0.0511. The topological polar surface area (TPSA) is 69.7 Å². The Bertz CT molecular complexity index is 598. The van der Waals surface area contributed by atoms with Gasteiger partial charge in [-0.15, -0.1) is 0 Å². The van der Waals surface area contributed by atoms with Gasteiger partial charge in [0, 0.05) is 37.3 Å². The molecular formula is C18H25N3O3. The first-order valence-corrected chi connectivity index (χ1v) is 8.53. The predicted octanol–water partition coefficient (Wildman–Crippen LogP) is 1.80. The highest BCUT2D eigenvalue weighted by atomic mass is 16.2. The molecule has 3 amide bonds. The van der Waals surface area contributed by atoms with Crippen molar-refractivity contribution in [2.75, 3.05) is 31.1 Å². The van der Waals surface area contributed by atoms with Crippen molar-refractivity contribution in [3.05, 3.63) is 29.8 Å². The van der Waals surface area contributed by atoms with E-state index >= 15 is 0 Å². The highest BCUT2D eigenvalue weighted by molar-refractivity contribution is 5.98. The van der Waals surface area contributed by atoms with Crippen molar-refractivity contribution in [3.8, 4) is 0 Å². The molecule has 1 heterocycles. The molecule has 6 heteroatoms.